The van der Waals surface area contributed by atoms with Crippen LogP contribution in [0.1, 0.15) is 44.6 Å². The van der Waals surface area contributed by atoms with E-state index in [4.69, 9.17) is 4.74 Å². The Morgan fingerprint density at radius 2 is 2.00 bits per heavy atom. The van der Waals surface area contributed by atoms with Crippen molar-refractivity contribution >= 4 is 9.84 Å². The Balaban J connectivity index is 1.98. The van der Waals surface area contributed by atoms with Gasteiger partial charge in [0.15, 0.2) is 9.84 Å². The van der Waals surface area contributed by atoms with Gasteiger partial charge < -0.3 is 4.74 Å². The zero-order valence-corrected chi connectivity index (χ0v) is 14.3. The van der Waals surface area contributed by atoms with E-state index >= 15 is 0 Å². The van der Waals surface area contributed by atoms with Gasteiger partial charge >= 0.3 is 6.18 Å². The molecule has 3 rings (SSSR count). The Hall–Kier alpha value is -1.08. The molecule has 1 aliphatic heterocycles. The molecule has 2 atom stereocenters. The minimum Gasteiger partial charge on any atom is -0.378 e. The molecule has 0 radical (unpaired) electrons. The van der Waals surface area contributed by atoms with Crippen LogP contribution in [0.2, 0.25) is 0 Å². The van der Waals surface area contributed by atoms with E-state index in [0.717, 1.165) is 31.0 Å². The van der Waals surface area contributed by atoms with E-state index in [1.165, 1.54) is 6.07 Å². The lowest BCUT2D eigenvalue weighted by molar-refractivity contribution is -0.137. The normalized spacial score (nSPS) is 28.8. The van der Waals surface area contributed by atoms with Crippen LogP contribution in [0.15, 0.2) is 29.2 Å². The van der Waals surface area contributed by atoms with Gasteiger partial charge in [0, 0.05) is 6.61 Å². The smallest absolute Gasteiger partial charge is 0.378 e. The average molecular weight is 362 g/mol. The summed E-state index contributed by atoms with van der Waals surface area (Å²) in [4.78, 5) is -0.240. The predicted molar refractivity (Wildman–Crippen MR) is 83.3 cm³/mol. The zero-order chi connectivity index (χ0) is 17.6. The summed E-state index contributed by atoms with van der Waals surface area (Å²) in [5.41, 5.74) is -0.930. The van der Waals surface area contributed by atoms with Gasteiger partial charge in [-0.15, -0.1) is 0 Å². The highest BCUT2D eigenvalue weighted by Gasteiger charge is 2.50. The largest absolute Gasteiger partial charge is 0.416 e. The zero-order valence-electron chi connectivity index (χ0n) is 13.5. The lowest BCUT2D eigenvalue weighted by Gasteiger charge is -2.40. The van der Waals surface area contributed by atoms with Gasteiger partial charge in [0.1, 0.15) is 0 Å². The van der Waals surface area contributed by atoms with Crippen molar-refractivity contribution < 1.29 is 26.3 Å². The molecule has 0 N–H and O–H groups in total. The Kier molecular flexibility index (Phi) is 4.45. The van der Waals surface area contributed by atoms with Crippen LogP contribution in [0.5, 0.6) is 0 Å². The Morgan fingerprint density at radius 3 is 2.58 bits per heavy atom. The number of benzene rings is 1. The van der Waals surface area contributed by atoms with E-state index in [1.807, 2.05) is 0 Å². The molecule has 2 fully saturated rings. The number of alkyl halides is 3. The molecule has 1 saturated carbocycles. The van der Waals surface area contributed by atoms with Crippen molar-refractivity contribution in [3.63, 3.8) is 0 Å². The minimum atomic E-state index is -4.56. The van der Waals surface area contributed by atoms with Crippen molar-refractivity contribution in [1.29, 1.82) is 0 Å². The van der Waals surface area contributed by atoms with Crippen LogP contribution in [0.4, 0.5) is 13.2 Å². The van der Waals surface area contributed by atoms with Gasteiger partial charge in [-0.2, -0.15) is 13.2 Å². The number of halogens is 3. The van der Waals surface area contributed by atoms with Crippen LogP contribution in [-0.2, 0) is 20.8 Å². The fraction of sp³-hybridized carbons (Fsp3) is 0.647. The number of sulfone groups is 1. The first kappa shape index (κ1) is 17.7. The van der Waals surface area contributed by atoms with E-state index in [-0.39, 0.29) is 11.0 Å². The van der Waals surface area contributed by atoms with Crippen LogP contribution in [-0.4, -0.2) is 25.9 Å². The second-order valence-electron chi connectivity index (χ2n) is 6.77. The first-order chi connectivity index (χ1) is 11.2. The first-order valence-electron chi connectivity index (χ1n) is 8.23. The van der Waals surface area contributed by atoms with Crippen LogP contribution >= 0.6 is 0 Å². The molecule has 24 heavy (non-hydrogen) atoms. The molecule has 1 aliphatic carbocycles. The van der Waals surface area contributed by atoms with Crippen LogP contribution in [0.25, 0.3) is 0 Å². The second-order valence-corrected chi connectivity index (χ2v) is 9.11. The minimum absolute atomic E-state index is 0.0979. The third-order valence-electron chi connectivity index (χ3n) is 5.30. The van der Waals surface area contributed by atoms with Crippen molar-refractivity contribution in [3.05, 3.63) is 29.8 Å². The number of hydrogen-bond donors (Lipinski definition) is 0. The predicted octanol–water partition coefficient (Wildman–Crippen LogP) is 4.22. The van der Waals surface area contributed by atoms with Crippen molar-refractivity contribution in [2.45, 2.75) is 61.0 Å². The average Bonchev–Trinajstić information content (AvgIpc) is 3.39. The molecule has 1 aromatic rings. The quantitative estimate of drug-likeness (QED) is 0.806. The number of rotatable bonds is 4. The lowest BCUT2D eigenvalue weighted by atomic mass is 9.90. The summed E-state index contributed by atoms with van der Waals surface area (Å²) in [6, 6.07) is 4.09. The van der Waals surface area contributed by atoms with Gasteiger partial charge in [-0.05, 0) is 56.2 Å². The third kappa shape index (κ3) is 3.08. The molecular formula is C17H21F3O3S. The molecule has 3 nitrogen and oxygen atoms in total. The first-order valence-corrected chi connectivity index (χ1v) is 9.71. The highest BCUT2D eigenvalue weighted by atomic mass is 32.2. The van der Waals surface area contributed by atoms with Crippen molar-refractivity contribution in [2.24, 2.45) is 5.92 Å². The summed E-state index contributed by atoms with van der Waals surface area (Å²) in [5, 5.41) is 0. The van der Waals surface area contributed by atoms with Gasteiger partial charge in [0.2, 0.25) is 0 Å². The van der Waals surface area contributed by atoms with E-state index in [2.05, 4.69) is 0 Å². The van der Waals surface area contributed by atoms with Gasteiger partial charge in [-0.3, -0.25) is 0 Å². The standard InChI is InChI=1S/C17H21F3O3S/c1-2-16(8-9-23-15(11-16)12-6-7-12)24(21,22)14-5-3-4-13(10-14)17(18,19)20/h3-5,10,12,15H,2,6-9,11H2,1H3. The fourth-order valence-electron chi connectivity index (χ4n) is 3.54. The molecule has 134 valence electrons. The van der Waals surface area contributed by atoms with E-state index in [1.54, 1.807) is 6.92 Å². The molecule has 1 heterocycles. The summed E-state index contributed by atoms with van der Waals surface area (Å²) in [7, 11) is -3.88. The Morgan fingerprint density at radius 1 is 1.29 bits per heavy atom. The summed E-state index contributed by atoms with van der Waals surface area (Å²) >= 11 is 0. The van der Waals surface area contributed by atoms with Crippen molar-refractivity contribution in [3.8, 4) is 0 Å². The number of ether oxygens (including phenoxy) is 1. The molecule has 1 saturated heterocycles. The maximum atomic E-state index is 13.2. The van der Waals surface area contributed by atoms with E-state index in [0.29, 0.717) is 31.8 Å². The molecule has 0 spiro atoms. The molecule has 0 aromatic heterocycles. The highest BCUT2D eigenvalue weighted by Crippen LogP contribution is 2.46. The highest BCUT2D eigenvalue weighted by molar-refractivity contribution is 7.92. The summed E-state index contributed by atoms with van der Waals surface area (Å²) in [6.45, 7) is 2.13. The monoisotopic (exact) mass is 362 g/mol. The summed E-state index contributed by atoms with van der Waals surface area (Å²) in [6.07, 6.45) is -1.52. The molecule has 2 unspecified atom stereocenters. The Labute approximate surface area is 140 Å². The van der Waals surface area contributed by atoms with Crippen LogP contribution in [0.3, 0.4) is 0 Å². The van der Waals surface area contributed by atoms with E-state index < -0.39 is 26.3 Å². The molecule has 0 amide bonds. The number of hydrogen-bond acceptors (Lipinski definition) is 3. The van der Waals surface area contributed by atoms with Gasteiger partial charge in [0.25, 0.3) is 0 Å². The maximum Gasteiger partial charge on any atom is 0.416 e. The summed E-state index contributed by atoms with van der Waals surface area (Å²) < 4.78 is 69.9. The van der Waals surface area contributed by atoms with Gasteiger partial charge in [-0.1, -0.05) is 13.0 Å². The lowest BCUT2D eigenvalue weighted by Crippen LogP contribution is -2.47. The molecule has 2 aliphatic rings. The summed E-state index contributed by atoms with van der Waals surface area (Å²) in [5.74, 6) is 0.396. The van der Waals surface area contributed by atoms with Crippen molar-refractivity contribution in [1.82, 2.24) is 0 Å². The molecule has 1 aromatic carbocycles. The topological polar surface area (TPSA) is 43.4 Å². The third-order valence-corrected chi connectivity index (χ3v) is 7.97. The SMILES string of the molecule is CCC1(S(=O)(=O)c2cccc(C(F)(F)F)c2)CCOC(C2CC2)C1. The van der Waals surface area contributed by atoms with Crippen molar-refractivity contribution in [2.75, 3.05) is 6.61 Å². The van der Waals surface area contributed by atoms with Crippen LogP contribution < -0.4 is 0 Å². The Bertz CT molecular complexity index is 710. The molecular weight excluding hydrogens is 341 g/mol. The van der Waals surface area contributed by atoms with Crippen LogP contribution in [0, 0.1) is 5.92 Å². The van der Waals surface area contributed by atoms with Gasteiger partial charge in [0.05, 0.1) is 21.3 Å². The second kappa shape index (κ2) is 6.02. The fourth-order valence-corrected chi connectivity index (χ4v) is 5.70. The van der Waals surface area contributed by atoms with Gasteiger partial charge in [-0.25, -0.2) is 8.42 Å². The molecule has 7 heteroatoms. The molecule has 0 bridgehead atoms. The van der Waals surface area contributed by atoms with E-state index in [9.17, 15) is 21.6 Å². The maximum absolute atomic E-state index is 13.2.